The summed E-state index contributed by atoms with van der Waals surface area (Å²) >= 11 is 0. The molecule has 2 aromatic carbocycles. The molecule has 30 heavy (non-hydrogen) atoms. The van der Waals surface area contributed by atoms with Crippen LogP contribution in [0.3, 0.4) is 0 Å². The lowest BCUT2D eigenvalue weighted by Gasteiger charge is -2.25. The number of aryl methyl sites for hydroxylation is 4. The first-order valence-electron chi connectivity index (χ1n) is 10.6. The molecule has 0 aliphatic rings. The highest BCUT2D eigenvalue weighted by Gasteiger charge is 2.17. The van der Waals surface area contributed by atoms with Gasteiger partial charge in [0.25, 0.3) is 0 Å². The molecule has 0 fully saturated rings. The first-order valence-corrected chi connectivity index (χ1v) is 10.6. The van der Waals surface area contributed by atoms with E-state index in [1.807, 2.05) is 32.7 Å². The van der Waals surface area contributed by atoms with E-state index in [1.165, 1.54) is 11.1 Å². The highest BCUT2D eigenvalue weighted by atomic mass is 16.2. The maximum Gasteiger partial charge on any atom is 0.238 e. The molecule has 162 valence electrons. The summed E-state index contributed by atoms with van der Waals surface area (Å²) in [5.74, 6) is -0.0728. The smallest absolute Gasteiger partial charge is 0.238 e. The highest BCUT2D eigenvalue weighted by molar-refractivity contribution is 5.94. The molecule has 0 aromatic heterocycles. The number of hydrogen-bond acceptors (Lipinski definition) is 3. The van der Waals surface area contributed by atoms with Gasteiger partial charge in [0.15, 0.2) is 0 Å². The van der Waals surface area contributed by atoms with Crippen molar-refractivity contribution in [1.82, 2.24) is 9.80 Å². The molecule has 2 rings (SSSR count). The Kier molecular flexibility index (Phi) is 8.60. The number of rotatable bonds is 9. The standard InChI is InChI=1S/C25H35N3O2/c1-7-12-28(15-22-10-8-18(2)9-11-22)24(30)17-27(6)16-23(29)26-25-20(4)13-19(3)14-21(25)5/h8-11,13-14H,7,12,15-17H2,1-6H3,(H,26,29). The predicted molar refractivity (Wildman–Crippen MR) is 124 cm³/mol. The highest BCUT2D eigenvalue weighted by Crippen LogP contribution is 2.21. The maximum absolute atomic E-state index is 12.9. The average molecular weight is 410 g/mol. The summed E-state index contributed by atoms with van der Waals surface area (Å²) in [7, 11) is 1.81. The first-order chi connectivity index (χ1) is 14.2. The quantitative estimate of drug-likeness (QED) is 0.674. The summed E-state index contributed by atoms with van der Waals surface area (Å²) in [6, 6.07) is 12.4. The lowest BCUT2D eigenvalue weighted by atomic mass is 10.1. The SMILES string of the molecule is CCCN(Cc1ccc(C)cc1)C(=O)CN(C)CC(=O)Nc1c(C)cc(C)cc1C. The molecular formula is C25H35N3O2. The Morgan fingerprint density at radius 2 is 1.50 bits per heavy atom. The third kappa shape index (κ3) is 6.99. The molecule has 0 saturated heterocycles. The Hall–Kier alpha value is -2.66. The van der Waals surface area contributed by atoms with Crippen molar-refractivity contribution < 1.29 is 9.59 Å². The largest absolute Gasteiger partial charge is 0.337 e. The van der Waals surface area contributed by atoms with Crippen LogP contribution >= 0.6 is 0 Å². The lowest BCUT2D eigenvalue weighted by molar-refractivity contribution is -0.133. The van der Waals surface area contributed by atoms with E-state index in [2.05, 4.69) is 55.6 Å². The van der Waals surface area contributed by atoms with Gasteiger partial charge >= 0.3 is 0 Å². The van der Waals surface area contributed by atoms with E-state index < -0.39 is 0 Å². The number of carbonyl (C=O) groups excluding carboxylic acids is 2. The van der Waals surface area contributed by atoms with Gasteiger partial charge in [0, 0.05) is 18.8 Å². The molecule has 0 atom stereocenters. The topological polar surface area (TPSA) is 52.7 Å². The van der Waals surface area contributed by atoms with Gasteiger partial charge in [-0.25, -0.2) is 0 Å². The molecule has 0 radical (unpaired) electrons. The molecule has 1 N–H and O–H groups in total. The monoisotopic (exact) mass is 409 g/mol. The molecule has 5 nitrogen and oxygen atoms in total. The third-order valence-corrected chi connectivity index (χ3v) is 5.10. The van der Waals surface area contributed by atoms with E-state index in [9.17, 15) is 9.59 Å². The molecule has 0 saturated carbocycles. The van der Waals surface area contributed by atoms with Gasteiger partial charge in [-0.3, -0.25) is 14.5 Å². The number of hydrogen-bond donors (Lipinski definition) is 1. The molecule has 0 heterocycles. The van der Waals surface area contributed by atoms with Gasteiger partial charge in [-0.2, -0.15) is 0 Å². The summed E-state index contributed by atoms with van der Waals surface area (Å²) in [6.07, 6.45) is 0.897. The van der Waals surface area contributed by atoms with Gasteiger partial charge in [-0.05, 0) is 57.9 Å². The molecule has 0 bridgehead atoms. The van der Waals surface area contributed by atoms with E-state index >= 15 is 0 Å². The Labute approximate surface area is 181 Å². The number of nitrogens with one attached hydrogen (secondary N) is 1. The fourth-order valence-electron chi connectivity index (χ4n) is 3.66. The van der Waals surface area contributed by atoms with Crippen molar-refractivity contribution in [2.45, 2.75) is 47.6 Å². The Balaban J connectivity index is 1.94. The maximum atomic E-state index is 12.9. The Morgan fingerprint density at radius 1 is 0.900 bits per heavy atom. The van der Waals surface area contributed by atoms with Gasteiger partial charge < -0.3 is 10.2 Å². The minimum absolute atomic E-state index is 0.0374. The number of anilines is 1. The van der Waals surface area contributed by atoms with E-state index in [0.717, 1.165) is 28.8 Å². The van der Waals surface area contributed by atoms with Crippen molar-refractivity contribution in [3.05, 3.63) is 64.2 Å². The molecule has 0 unspecified atom stereocenters. The van der Waals surface area contributed by atoms with Gasteiger partial charge in [0.05, 0.1) is 13.1 Å². The summed E-state index contributed by atoms with van der Waals surface area (Å²) < 4.78 is 0. The molecule has 2 aromatic rings. The van der Waals surface area contributed by atoms with Crippen LogP contribution in [0.2, 0.25) is 0 Å². The molecular weight excluding hydrogens is 374 g/mol. The van der Waals surface area contributed by atoms with Crippen molar-refractivity contribution in [2.75, 3.05) is 32.0 Å². The number of amides is 2. The summed E-state index contributed by atoms with van der Waals surface area (Å²) in [6.45, 7) is 11.8. The zero-order chi connectivity index (χ0) is 22.3. The number of carbonyl (C=O) groups is 2. The second kappa shape index (κ2) is 10.9. The lowest BCUT2D eigenvalue weighted by Crippen LogP contribution is -2.41. The van der Waals surface area contributed by atoms with E-state index in [4.69, 9.17) is 0 Å². The second-order valence-corrected chi connectivity index (χ2v) is 8.30. The third-order valence-electron chi connectivity index (χ3n) is 5.10. The molecule has 0 aliphatic heterocycles. The van der Waals surface area contributed by atoms with Crippen LogP contribution in [-0.2, 0) is 16.1 Å². The van der Waals surface area contributed by atoms with Crippen molar-refractivity contribution in [1.29, 1.82) is 0 Å². The van der Waals surface area contributed by atoms with Crippen molar-refractivity contribution >= 4 is 17.5 Å². The van der Waals surface area contributed by atoms with Crippen LogP contribution in [0.5, 0.6) is 0 Å². The van der Waals surface area contributed by atoms with E-state index in [-0.39, 0.29) is 24.9 Å². The summed E-state index contributed by atoms with van der Waals surface area (Å²) in [5.41, 5.74) is 6.45. The zero-order valence-electron chi connectivity index (χ0n) is 19.2. The van der Waals surface area contributed by atoms with Crippen LogP contribution in [0.1, 0.15) is 41.2 Å². The summed E-state index contributed by atoms with van der Waals surface area (Å²) in [4.78, 5) is 29.0. The normalized spacial score (nSPS) is 10.9. The predicted octanol–water partition coefficient (Wildman–Crippen LogP) is 4.23. The number of benzene rings is 2. The zero-order valence-corrected chi connectivity index (χ0v) is 19.2. The molecule has 2 amide bonds. The van der Waals surface area contributed by atoms with Crippen LogP contribution in [-0.4, -0.2) is 48.3 Å². The number of nitrogens with zero attached hydrogens (tertiary/aromatic N) is 2. The van der Waals surface area contributed by atoms with Crippen LogP contribution in [0.25, 0.3) is 0 Å². The van der Waals surface area contributed by atoms with Crippen LogP contribution in [0, 0.1) is 27.7 Å². The summed E-state index contributed by atoms with van der Waals surface area (Å²) in [5, 5.41) is 3.00. The fraction of sp³-hybridized carbons (Fsp3) is 0.440. The first kappa shape index (κ1) is 23.6. The number of likely N-dealkylation sites (N-methyl/N-ethyl adjacent to an activating group) is 1. The minimum Gasteiger partial charge on any atom is -0.337 e. The molecule has 0 spiro atoms. The Morgan fingerprint density at radius 3 is 2.07 bits per heavy atom. The van der Waals surface area contributed by atoms with Crippen LogP contribution in [0.15, 0.2) is 36.4 Å². The average Bonchev–Trinajstić information content (AvgIpc) is 2.65. The van der Waals surface area contributed by atoms with E-state index in [1.54, 1.807) is 4.90 Å². The van der Waals surface area contributed by atoms with E-state index in [0.29, 0.717) is 13.1 Å². The van der Waals surface area contributed by atoms with Crippen molar-refractivity contribution in [3.63, 3.8) is 0 Å². The minimum atomic E-state index is -0.110. The Bertz CT molecular complexity index is 851. The van der Waals surface area contributed by atoms with Crippen LogP contribution in [0.4, 0.5) is 5.69 Å². The molecule has 5 heteroatoms. The van der Waals surface area contributed by atoms with Gasteiger partial charge in [-0.15, -0.1) is 0 Å². The van der Waals surface area contributed by atoms with Gasteiger partial charge in [0.2, 0.25) is 11.8 Å². The van der Waals surface area contributed by atoms with Crippen molar-refractivity contribution in [3.8, 4) is 0 Å². The van der Waals surface area contributed by atoms with Crippen molar-refractivity contribution in [2.24, 2.45) is 0 Å². The van der Waals surface area contributed by atoms with Gasteiger partial charge in [-0.1, -0.05) is 54.4 Å². The fourth-order valence-corrected chi connectivity index (χ4v) is 3.66. The second-order valence-electron chi connectivity index (χ2n) is 8.30. The van der Waals surface area contributed by atoms with Crippen LogP contribution < -0.4 is 5.32 Å². The van der Waals surface area contributed by atoms with Gasteiger partial charge in [0.1, 0.15) is 0 Å². The molecule has 0 aliphatic carbocycles.